The van der Waals surface area contributed by atoms with E-state index in [0.717, 1.165) is 0 Å². The Bertz CT molecular complexity index is 537. The zero-order chi connectivity index (χ0) is 11.7. The summed E-state index contributed by atoms with van der Waals surface area (Å²) in [5.41, 5.74) is 0. The molecule has 0 saturated heterocycles. The number of hydrogen-bond acceptors (Lipinski definition) is 4. The van der Waals surface area contributed by atoms with Gasteiger partial charge in [0.15, 0.2) is 3.92 Å². The van der Waals surface area contributed by atoms with Gasteiger partial charge in [0.2, 0.25) is 0 Å². The van der Waals surface area contributed by atoms with Crippen molar-refractivity contribution in [1.82, 2.24) is 10.2 Å². The van der Waals surface area contributed by atoms with Crippen LogP contribution in [0, 0.1) is 5.82 Å². The summed E-state index contributed by atoms with van der Waals surface area (Å²) in [5.74, 6) is -0.256. The average Bonchev–Trinajstić information content (AvgIpc) is 2.60. The Morgan fingerprint density at radius 1 is 1.31 bits per heavy atom. The summed E-state index contributed by atoms with van der Waals surface area (Å²) < 4.78 is 19.7. The summed E-state index contributed by atoms with van der Waals surface area (Å²) in [6, 6.07) is 2.60. The number of rotatable bonds is 2. The highest BCUT2D eigenvalue weighted by atomic mass is 79.9. The van der Waals surface area contributed by atoms with E-state index in [9.17, 15) is 4.39 Å². The molecule has 0 atom stereocenters. The molecule has 1 aromatic carbocycles. The summed E-state index contributed by atoms with van der Waals surface area (Å²) in [5, 5.41) is 7.77. The highest BCUT2D eigenvalue weighted by molar-refractivity contribution is 9.11. The molecule has 0 saturated carbocycles. The van der Waals surface area contributed by atoms with Crippen molar-refractivity contribution in [3.05, 3.63) is 31.4 Å². The SMILES string of the molecule is Fc1cc(Oc2nnc(Br)s2)c(Br)cc1Cl. The minimum absolute atomic E-state index is 0.0256. The third-order valence-corrected chi connectivity index (χ3v) is 3.70. The number of hydrogen-bond donors (Lipinski definition) is 0. The molecule has 0 aliphatic carbocycles. The molecule has 8 heteroatoms. The van der Waals surface area contributed by atoms with Crippen LogP contribution in [0.2, 0.25) is 5.02 Å². The van der Waals surface area contributed by atoms with Crippen molar-refractivity contribution in [2.75, 3.05) is 0 Å². The van der Waals surface area contributed by atoms with Crippen molar-refractivity contribution in [1.29, 1.82) is 0 Å². The smallest absolute Gasteiger partial charge is 0.300 e. The third-order valence-electron chi connectivity index (χ3n) is 1.55. The molecule has 3 nitrogen and oxygen atoms in total. The second kappa shape index (κ2) is 4.95. The van der Waals surface area contributed by atoms with Crippen molar-refractivity contribution >= 4 is 54.8 Å². The predicted octanol–water partition coefficient (Wildman–Crippen LogP) is 4.65. The van der Waals surface area contributed by atoms with Gasteiger partial charge in [-0.05, 0) is 49.3 Å². The fraction of sp³-hybridized carbons (Fsp3) is 0. The molecule has 0 aliphatic heterocycles. The van der Waals surface area contributed by atoms with Gasteiger partial charge in [-0.3, -0.25) is 0 Å². The van der Waals surface area contributed by atoms with E-state index in [1.807, 2.05) is 0 Å². The summed E-state index contributed by atoms with van der Waals surface area (Å²) in [7, 11) is 0. The standard InChI is InChI=1S/C8H2Br2ClFN2OS/c9-3-1-4(11)5(12)2-6(3)15-8-14-13-7(10)16-8/h1-2H. The third kappa shape index (κ3) is 2.71. The lowest BCUT2D eigenvalue weighted by Crippen LogP contribution is -1.87. The second-order valence-electron chi connectivity index (χ2n) is 2.62. The Balaban J connectivity index is 2.31. The molecule has 0 spiro atoms. The Morgan fingerprint density at radius 3 is 2.69 bits per heavy atom. The molecule has 2 rings (SSSR count). The van der Waals surface area contributed by atoms with E-state index < -0.39 is 5.82 Å². The molecule has 0 unspecified atom stereocenters. The minimum Gasteiger partial charge on any atom is -0.428 e. The molecule has 0 bridgehead atoms. The van der Waals surface area contributed by atoms with E-state index in [-0.39, 0.29) is 5.02 Å². The molecule has 16 heavy (non-hydrogen) atoms. The van der Waals surface area contributed by atoms with E-state index >= 15 is 0 Å². The van der Waals surface area contributed by atoms with Gasteiger partial charge >= 0.3 is 0 Å². The number of aromatic nitrogens is 2. The number of ether oxygens (including phenoxy) is 1. The lowest BCUT2D eigenvalue weighted by atomic mass is 10.3. The van der Waals surface area contributed by atoms with Crippen LogP contribution in [0.15, 0.2) is 20.5 Å². The molecule has 1 heterocycles. The summed E-state index contributed by atoms with van der Waals surface area (Å²) in [6.07, 6.45) is 0. The van der Waals surface area contributed by atoms with Gasteiger partial charge in [-0.25, -0.2) is 4.39 Å². The zero-order valence-electron chi connectivity index (χ0n) is 7.38. The van der Waals surface area contributed by atoms with E-state index in [4.69, 9.17) is 16.3 Å². The summed E-state index contributed by atoms with van der Waals surface area (Å²) >= 11 is 13.2. The van der Waals surface area contributed by atoms with Gasteiger partial charge in [0.1, 0.15) is 11.6 Å². The quantitative estimate of drug-likeness (QED) is 0.703. The average molecular weight is 388 g/mol. The second-order valence-corrected chi connectivity index (χ2v) is 6.10. The molecule has 0 aliphatic rings. The maximum Gasteiger partial charge on any atom is 0.300 e. The van der Waals surface area contributed by atoms with E-state index in [1.165, 1.54) is 23.5 Å². The Labute approximate surface area is 116 Å². The first-order valence-electron chi connectivity index (χ1n) is 3.87. The minimum atomic E-state index is -0.552. The fourth-order valence-corrected chi connectivity index (χ4v) is 2.56. The molecule has 0 radical (unpaired) electrons. The zero-order valence-corrected chi connectivity index (χ0v) is 12.1. The predicted molar refractivity (Wildman–Crippen MR) is 66.8 cm³/mol. The summed E-state index contributed by atoms with van der Waals surface area (Å²) in [6.45, 7) is 0. The van der Waals surface area contributed by atoms with Gasteiger partial charge in [0.25, 0.3) is 5.19 Å². The van der Waals surface area contributed by atoms with E-state index in [1.54, 1.807) is 0 Å². The van der Waals surface area contributed by atoms with Crippen molar-refractivity contribution in [2.45, 2.75) is 0 Å². The normalized spacial score (nSPS) is 10.5. The van der Waals surface area contributed by atoms with Gasteiger partial charge in [-0.15, -0.1) is 5.10 Å². The van der Waals surface area contributed by atoms with E-state index in [2.05, 4.69) is 42.1 Å². The van der Waals surface area contributed by atoms with Gasteiger partial charge in [0, 0.05) is 6.07 Å². The van der Waals surface area contributed by atoms with Gasteiger partial charge in [-0.2, -0.15) is 0 Å². The molecule has 0 amide bonds. The molecular formula is C8H2Br2ClFN2OS. The van der Waals surface area contributed by atoms with Crippen LogP contribution in [0.5, 0.6) is 10.9 Å². The molecule has 0 fully saturated rings. The highest BCUT2D eigenvalue weighted by Gasteiger charge is 2.11. The lowest BCUT2D eigenvalue weighted by molar-refractivity contribution is 0.465. The first kappa shape index (κ1) is 12.2. The van der Waals surface area contributed by atoms with Crippen LogP contribution in [0.1, 0.15) is 0 Å². The lowest BCUT2D eigenvalue weighted by Gasteiger charge is -2.04. The van der Waals surface area contributed by atoms with Crippen LogP contribution in [0.25, 0.3) is 0 Å². The maximum absolute atomic E-state index is 13.2. The van der Waals surface area contributed by atoms with Crippen LogP contribution >= 0.6 is 54.8 Å². The fourth-order valence-electron chi connectivity index (χ4n) is 0.911. The largest absolute Gasteiger partial charge is 0.428 e. The molecule has 1 aromatic heterocycles. The Morgan fingerprint density at radius 2 is 2.06 bits per heavy atom. The van der Waals surface area contributed by atoms with Crippen LogP contribution in [-0.2, 0) is 0 Å². The van der Waals surface area contributed by atoms with Gasteiger partial charge < -0.3 is 4.74 Å². The molecule has 2 aromatic rings. The van der Waals surface area contributed by atoms with E-state index in [0.29, 0.717) is 19.3 Å². The van der Waals surface area contributed by atoms with Crippen molar-refractivity contribution < 1.29 is 9.13 Å². The van der Waals surface area contributed by atoms with Crippen LogP contribution in [0.4, 0.5) is 4.39 Å². The molecule has 84 valence electrons. The topological polar surface area (TPSA) is 35.0 Å². The monoisotopic (exact) mass is 386 g/mol. The van der Waals surface area contributed by atoms with Gasteiger partial charge in [0.05, 0.1) is 9.50 Å². The first-order valence-corrected chi connectivity index (χ1v) is 6.65. The van der Waals surface area contributed by atoms with Crippen LogP contribution < -0.4 is 4.74 Å². The highest BCUT2D eigenvalue weighted by Crippen LogP contribution is 2.35. The summed E-state index contributed by atoms with van der Waals surface area (Å²) in [4.78, 5) is 0. The Kier molecular flexibility index (Phi) is 3.78. The number of nitrogens with zero attached hydrogens (tertiary/aromatic N) is 2. The van der Waals surface area contributed by atoms with Crippen LogP contribution in [-0.4, -0.2) is 10.2 Å². The molecule has 0 N–H and O–H groups in total. The van der Waals surface area contributed by atoms with Crippen molar-refractivity contribution in [2.24, 2.45) is 0 Å². The number of benzene rings is 1. The first-order chi connectivity index (χ1) is 7.56. The van der Waals surface area contributed by atoms with Crippen molar-refractivity contribution in [3.8, 4) is 10.9 Å². The Hall–Kier alpha value is -0.240. The van der Waals surface area contributed by atoms with Crippen molar-refractivity contribution in [3.63, 3.8) is 0 Å². The van der Waals surface area contributed by atoms with Crippen LogP contribution in [0.3, 0.4) is 0 Å². The van der Waals surface area contributed by atoms with Gasteiger partial charge in [-0.1, -0.05) is 16.7 Å². The molecular weight excluding hydrogens is 386 g/mol. The number of halogens is 4. The maximum atomic E-state index is 13.2.